The fourth-order valence-corrected chi connectivity index (χ4v) is 2.68. The van der Waals surface area contributed by atoms with E-state index in [4.69, 9.17) is 5.73 Å². The topological polar surface area (TPSA) is 94.5 Å². The second-order valence-corrected chi connectivity index (χ2v) is 5.38. The number of anilines is 2. The molecule has 20 heavy (non-hydrogen) atoms. The minimum atomic E-state index is 0.205. The average Bonchev–Trinajstić information content (AvgIpc) is 2.91. The van der Waals surface area contributed by atoms with E-state index in [9.17, 15) is 0 Å². The summed E-state index contributed by atoms with van der Waals surface area (Å²) in [6.45, 7) is 2.28. The first-order chi connectivity index (χ1) is 9.70. The molecule has 1 fully saturated rings. The maximum Gasteiger partial charge on any atom is 0.257 e. The molecule has 0 amide bonds. The van der Waals surface area contributed by atoms with E-state index in [1.165, 1.54) is 12.8 Å². The van der Waals surface area contributed by atoms with Gasteiger partial charge in [0.15, 0.2) is 0 Å². The third kappa shape index (κ3) is 2.87. The predicted molar refractivity (Wildman–Crippen MR) is 76.4 cm³/mol. The number of rotatable bonds is 3. The van der Waals surface area contributed by atoms with Gasteiger partial charge in [-0.15, -0.1) is 0 Å². The largest absolute Gasteiger partial charge is 0.368 e. The number of nitrogens with zero attached hydrogens (tertiary/aromatic N) is 5. The minimum absolute atomic E-state index is 0.205. The summed E-state index contributed by atoms with van der Waals surface area (Å²) in [6.07, 6.45) is 8.29. The van der Waals surface area contributed by atoms with Gasteiger partial charge >= 0.3 is 0 Å². The van der Waals surface area contributed by atoms with Gasteiger partial charge in [-0.2, -0.15) is 20.1 Å². The summed E-state index contributed by atoms with van der Waals surface area (Å²) in [5.74, 6) is 1.92. The lowest BCUT2D eigenvalue weighted by Crippen LogP contribution is -2.27. The molecule has 1 aliphatic rings. The van der Waals surface area contributed by atoms with E-state index in [1.807, 2.05) is 6.07 Å². The summed E-state index contributed by atoms with van der Waals surface area (Å²) in [5, 5.41) is 7.48. The Bertz CT molecular complexity index is 566. The van der Waals surface area contributed by atoms with Gasteiger partial charge in [-0.25, -0.2) is 4.68 Å². The minimum Gasteiger partial charge on any atom is -0.368 e. The first-order valence-corrected chi connectivity index (χ1v) is 6.99. The van der Waals surface area contributed by atoms with Crippen LogP contribution in [0.25, 0.3) is 5.95 Å². The van der Waals surface area contributed by atoms with Crippen molar-refractivity contribution in [1.82, 2.24) is 24.7 Å². The van der Waals surface area contributed by atoms with Gasteiger partial charge in [-0.1, -0.05) is 19.8 Å². The van der Waals surface area contributed by atoms with E-state index in [2.05, 4.69) is 32.3 Å². The molecule has 3 N–H and O–H groups in total. The Morgan fingerprint density at radius 2 is 2.20 bits per heavy atom. The van der Waals surface area contributed by atoms with E-state index in [0.29, 0.717) is 17.9 Å². The lowest BCUT2D eigenvalue weighted by Gasteiger charge is -2.27. The first-order valence-electron chi connectivity index (χ1n) is 6.99. The van der Waals surface area contributed by atoms with Gasteiger partial charge in [0.1, 0.15) is 0 Å². The zero-order chi connectivity index (χ0) is 13.9. The lowest BCUT2D eigenvalue weighted by atomic mass is 9.87. The van der Waals surface area contributed by atoms with Gasteiger partial charge in [-0.3, -0.25) is 0 Å². The Labute approximate surface area is 117 Å². The number of hydrogen-bond acceptors (Lipinski definition) is 6. The van der Waals surface area contributed by atoms with E-state index < -0.39 is 0 Å². The van der Waals surface area contributed by atoms with E-state index in [0.717, 1.165) is 18.8 Å². The van der Waals surface area contributed by atoms with Crippen LogP contribution in [0.2, 0.25) is 0 Å². The molecule has 2 aromatic heterocycles. The summed E-state index contributed by atoms with van der Waals surface area (Å²) < 4.78 is 1.58. The van der Waals surface area contributed by atoms with Crippen LogP contribution in [-0.4, -0.2) is 30.8 Å². The molecule has 3 rings (SSSR count). The summed E-state index contributed by atoms with van der Waals surface area (Å²) in [7, 11) is 0. The number of nitrogens with one attached hydrogen (secondary N) is 1. The molecule has 7 heteroatoms. The third-order valence-electron chi connectivity index (χ3n) is 3.62. The van der Waals surface area contributed by atoms with E-state index in [1.54, 1.807) is 17.1 Å². The van der Waals surface area contributed by atoms with Gasteiger partial charge in [-0.05, 0) is 24.8 Å². The molecule has 2 atom stereocenters. The van der Waals surface area contributed by atoms with E-state index >= 15 is 0 Å². The van der Waals surface area contributed by atoms with Crippen LogP contribution >= 0.6 is 0 Å². The maximum atomic E-state index is 5.75. The standard InChI is InChI=1S/C13H19N7/c1-9-4-2-5-10(8-9)16-12-17-11(14)18-13(19-12)20-7-3-6-15-20/h3,6-7,9-10H,2,4-5,8H2,1H3,(H3,14,16,17,18,19). The highest BCUT2D eigenvalue weighted by Gasteiger charge is 2.20. The van der Waals surface area contributed by atoms with Crippen LogP contribution < -0.4 is 11.1 Å². The third-order valence-corrected chi connectivity index (χ3v) is 3.62. The number of hydrogen-bond donors (Lipinski definition) is 2. The average molecular weight is 273 g/mol. The first kappa shape index (κ1) is 12.8. The Morgan fingerprint density at radius 3 is 2.95 bits per heavy atom. The fraction of sp³-hybridized carbons (Fsp3) is 0.538. The van der Waals surface area contributed by atoms with E-state index in [-0.39, 0.29) is 5.95 Å². The Morgan fingerprint density at radius 1 is 1.30 bits per heavy atom. The Kier molecular flexibility index (Phi) is 3.49. The SMILES string of the molecule is CC1CCCC(Nc2nc(N)nc(-n3cccn3)n2)C1. The van der Waals surface area contributed by atoms with Gasteiger partial charge in [0, 0.05) is 18.4 Å². The van der Waals surface area contributed by atoms with Crippen LogP contribution in [-0.2, 0) is 0 Å². The van der Waals surface area contributed by atoms with Crippen molar-refractivity contribution in [3.63, 3.8) is 0 Å². The smallest absolute Gasteiger partial charge is 0.257 e. The van der Waals surface area contributed by atoms with Crippen molar-refractivity contribution in [2.75, 3.05) is 11.1 Å². The summed E-state index contributed by atoms with van der Waals surface area (Å²) in [6, 6.07) is 2.22. The molecule has 1 aliphatic carbocycles. The predicted octanol–water partition coefficient (Wildman–Crippen LogP) is 1.63. The quantitative estimate of drug-likeness (QED) is 0.882. The summed E-state index contributed by atoms with van der Waals surface area (Å²) >= 11 is 0. The zero-order valence-electron chi connectivity index (χ0n) is 11.5. The second kappa shape index (κ2) is 5.44. The van der Waals surface area contributed by atoms with Crippen molar-refractivity contribution in [3.8, 4) is 5.95 Å². The van der Waals surface area contributed by atoms with Crippen molar-refractivity contribution in [1.29, 1.82) is 0 Å². The molecule has 0 spiro atoms. The van der Waals surface area contributed by atoms with Gasteiger partial charge in [0.05, 0.1) is 0 Å². The molecule has 2 heterocycles. The van der Waals surface area contributed by atoms with Crippen molar-refractivity contribution in [2.24, 2.45) is 5.92 Å². The monoisotopic (exact) mass is 273 g/mol. The van der Waals surface area contributed by atoms with Crippen molar-refractivity contribution >= 4 is 11.9 Å². The molecular formula is C13H19N7. The van der Waals surface area contributed by atoms with Gasteiger partial charge < -0.3 is 11.1 Å². The molecule has 2 aromatic rings. The number of aromatic nitrogens is 5. The van der Waals surface area contributed by atoms with Crippen LogP contribution in [0.3, 0.4) is 0 Å². The van der Waals surface area contributed by atoms with Crippen LogP contribution in [0.4, 0.5) is 11.9 Å². The summed E-state index contributed by atoms with van der Waals surface area (Å²) in [5.41, 5.74) is 5.75. The molecule has 7 nitrogen and oxygen atoms in total. The highest BCUT2D eigenvalue weighted by atomic mass is 15.4. The highest BCUT2D eigenvalue weighted by Crippen LogP contribution is 2.25. The number of nitrogen functional groups attached to an aromatic ring is 1. The van der Waals surface area contributed by atoms with Gasteiger partial charge in [0.25, 0.3) is 5.95 Å². The highest BCUT2D eigenvalue weighted by molar-refractivity contribution is 5.35. The van der Waals surface area contributed by atoms with Crippen LogP contribution in [0.15, 0.2) is 18.5 Å². The van der Waals surface area contributed by atoms with Crippen molar-refractivity contribution in [2.45, 2.75) is 38.6 Å². The maximum absolute atomic E-state index is 5.75. The summed E-state index contributed by atoms with van der Waals surface area (Å²) in [4.78, 5) is 12.6. The molecule has 0 saturated heterocycles. The number of nitrogens with two attached hydrogens (primary N) is 1. The molecule has 0 radical (unpaired) electrons. The molecule has 2 unspecified atom stereocenters. The van der Waals surface area contributed by atoms with Crippen LogP contribution in [0, 0.1) is 5.92 Å². The molecule has 0 bridgehead atoms. The Hall–Kier alpha value is -2.18. The molecule has 0 aromatic carbocycles. The van der Waals surface area contributed by atoms with Crippen molar-refractivity contribution < 1.29 is 0 Å². The Balaban J connectivity index is 1.79. The van der Waals surface area contributed by atoms with Crippen molar-refractivity contribution in [3.05, 3.63) is 18.5 Å². The normalized spacial score (nSPS) is 22.6. The molecular weight excluding hydrogens is 254 g/mol. The van der Waals surface area contributed by atoms with Crippen LogP contribution in [0.5, 0.6) is 0 Å². The molecule has 106 valence electrons. The van der Waals surface area contributed by atoms with Crippen LogP contribution in [0.1, 0.15) is 32.6 Å². The van der Waals surface area contributed by atoms with Gasteiger partial charge in [0.2, 0.25) is 11.9 Å². The fourth-order valence-electron chi connectivity index (χ4n) is 2.68. The lowest BCUT2D eigenvalue weighted by molar-refractivity contribution is 0.357. The second-order valence-electron chi connectivity index (χ2n) is 5.38. The zero-order valence-corrected chi connectivity index (χ0v) is 11.5. The molecule has 0 aliphatic heterocycles. The molecule has 1 saturated carbocycles.